The predicted octanol–water partition coefficient (Wildman–Crippen LogP) is 2.13. The summed E-state index contributed by atoms with van der Waals surface area (Å²) in [6.07, 6.45) is 2.37. The first-order valence-electron chi connectivity index (χ1n) is 8.64. The van der Waals surface area contributed by atoms with Crippen LogP contribution in [0.25, 0.3) is 0 Å². The second-order valence-electron chi connectivity index (χ2n) is 6.17. The number of hydrogen-bond acceptors (Lipinski definition) is 4. The summed E-state index contributed by atoms with van der Waals surface area (Å²) < 4.78 is 33.0. The molecular weight excluding hydrogens is 358 g/mol. The van der Waals surface area contributed by atoms with Crippen molar-refractivity contribution in [2.45, 2.75) is 25.8 Å². The number of fused-ring (bicyclic) bond motifs is 1. The molecule has 0 atom stereocenters. The van der Waals surface area contributed by atoms with Crippen LogP contribution in [-0.2, 0) is 17.7 Å². The highest BCUT2D eigenvalue weighted by atomic mass is 19.2. The van der Waals surface area contributed by atoms with Gasteiger partial charge in [0, 0.05) is 32.0 Å². The highest BCUT2D eigenvalue weighted by molar-refractivity contribution is 6.05. The summed E-state index contributed by atoms with van der Waals surface area (Å²) in [7, 11) is 1.53. The minimum Gasteiger partial charge on any atom is -0.383 e. The maximum atomic E-state index is 13.4. The van der Waals surface area contributed by atoms with Gasteiger partial charge in [-0.3, -0.25) is 9.59 Å². The van der Waals surface area contributed by atoms with Crippen LogP contribution in [0.2, 0.25) is 0 Å². The molecule has 0 fully saturated rings. The van der Waals surface area contributed by atoms with Crippen LogP contribution in [0.1, 0.15) is 39.6 Å². The summed E-state index contributed by atoms with van der Waals surface area (Å²) in [6, 6.07) is 3.09. The number of rotatable bonds is 6. The second kappa shape index (κ2) is 8.26. The summed E-state index contributed by atoms with van der Waals surface area (Å²) >= 11 is 0. The van der Waals surface area contributed by atoms with E-state index in [1.165, 1.54) is 13.2 Å². The Balaban J connectivity index is 1.85. The van der Waals surface area contributed by atoms with Crippen molar-refractivity contribution < 1.29 is 23.1 Å². The quantitative estimate of drug-likeness (QED) is 0.754. The lowest BCUT2D eigenvalue weighted by Crippen LogP contribution is -2.30. The Morgan fingerprint density at radius 2 is 2.04 bits per heavy atom. The van der Waals surface area contributed by atoms with Gasteiger partial charge in [-0.05, 0) is 31.4 Å². The lowest BCUT2D eigenvalue weighted by atomic mass is 10.1. The van der Waals surface area contributed by atoms with Gasteiger partial charge in [-0.15, -0.1) is 0 Å². The molecule has 0 spiro atoms. The zero-order valence-corrected chi connectivity index (χ0v) is 14.8. The molecule has 2 heterocycles. The molecule has 0 saturated carbocycles. The molecular formula is C18H20F2N4O3. The van der Waals surface area contributed by atoms with Gasteiger partial charge in [0.2, 0.25) is 0 Å². The smallest absolute Gasteiger partial charge is 0.287 e. The number of aromatic nitrogens is 2. The standard InChI is InChI=1S/C18H20F2N4O3/c1-27-9-7-21-18(26)16-23-15(14-4-2-3-8-24(14)16)17(25)22-11-5-6-12(19)13(20)10-11/h5-6,10H,2-4,7-9H2,1H3,(H,21,26)(H,22,25). The normalized spacial score (nSPS) is 13.1. The molecule has 2 N–H and O–H groups in total. The van der Waals surface area contributed by atoms with Crippen LogP contribution in [0.5, 0.6) is 0 Å². The maximum absolute atomic E-state index is 13.4. The molecule has 1 aliphatic heterocycles. The topological polar surface area (TPSA) is 85.2 Å². The second-order valence-corrected chi connectivity index (χ2v) is 6.17. The number of hydrogen-bond donors (Lipinski definition) is 2. The zero-order valence-electron chi connectivity index (χ0n) is 14.8. The van der Waals surface area contributed by atoms with E-state index in [0.29, 0.717) is 31.8 Å². The Morgan fingerprint density at radius 1 is 1.22 bits per heavy atom. The van der Waals surface area contributed by atoms with Crippen LogP contribution in [0.4, 0.5) is 14.5 Å². The molecule has 27 heavy (non-hydrogen) atoms. The molecule has 144 valence electrons. The summed E-state index contributed by atoms with van der Waals surface area (Å²) in [4.78, 5) is 29.3. The van der Waals surface area contributed by atoms with Crippen LogP contribution in [-0.4, -0.2) is 41.6 Å². The molecule has 0 aliphatic carbocycles. The predicted molar refractivity (Wildman–Crippen MR) is 93.7 cm³/mol. The largest absolute Gasteiger partial charge is 0.383 e. The van der Waals surface area contributed by atoms with Crippen molar-refractivity contribution >= 4 is 17.5 Å². The molecule has 0 bridgehead atoms. The average Bonchev–Trinajstić information content (AvgIpc) is 3.05. The molecule has 2 amide bonds. The van der Waals surface area contributed by atoms with E-state index in [1.807, 2.05) is 0 Å². The molecule has 0 saturated heterocycles. The molecule has 2 aromatic rings. The van der Waals surface area contributed by atoms with E-state index in [9.17, 15) is 18.4 Å². The van der Waals surface area contributed by atoms with Crippen molar-refractivity contribution in [1.29, 1.82) is 0 Å². The number of ether oxygens (including phenoxy) is 1. The highest BCUT2D eigenvalue weighted by Crippen LogP contribution is 2.22. The van der Waals surface area contributed by atoms with Crippen molar-refractivity contribution in [3.05, 3.63) is 47.0 Å². The third kappa shape index (κ3) is 4.13. The fraction of sp³-hybridized carbons (Fsp3) is 0.389. The molecule has 1 aromatic heterocycles. The van der Waals surface area contributed by atoms with Crippen LogP contribution in [0.3, 0.4) is 0 Å². The van der Waals surface area contributed by atoms with Gasteiger partial charge in [-0.1, -0.05) is 0 Å². The minimum absolute atomic E-state index is 0.113. The molecule has 1 aromatic carbocycles. The number of methoxy groups -OCH3 is 1. The lowest BCUT2D eigenvalue weighted by Gasteiger charge is -2.17. The number of anilines is 1. The van der Waals surface area contributed by atoms with Crippen molar-refractivity contribution in [3.8, 4) is 0 Å². The number of nitrogens with one attached hydrogen (secondary N) is 2. The summed E-state index contributed by atoms with van der Waals surface area (Å²) in [5.74, 6) is -2.85. The number of halogens is 2. The van der Waals surface area contributed by atoms with E-state index >= 15 is 0 Å². The zero-order chi connectivity index (χ0) is 19.4. The molecule has 1 aliphatic rings. The first-order chi connectivity index (χ1) is 13.0. The lowest BCUT2D eigenvalue weighted by molar-refractivity contribution is 0.0921. The van der Waals surface area contributed by atoms with E-state index in [0.717, 1.165) is 25.0 Å². The van der Waals surface area contributed by atoms with E-state index in [1.54, 1.807) is 4.57 Å². The third-order valence-electron chi connectivity index (χ3n) is 4.31. The Hall–Kier alpha value is -2.81. The van der Waals surface area contributed by atoms with Gasteiger partial charge in [-0.2, -0.15) is 0 Å². The van der Waals surface area contributed by atoms with E-state index in [2.05, 4.69) is 15.6 Å². The number of carbonyl (C=O) groups is 2. The Bertz CT molecular complexity index is 867. The van der Waals surface area contributed by atoms with Gasteiger partial charge in [0.25, 0.3) is 11.8 Å². The van der Waals surface area contributed by atoms with Gasteiger partial charge in [0.05, 0.1) is 12.3 Å². The Morgan fingerprint density at radius 3 is 2.78 bits per heavy atom. The number of carbonyl (C=O) groups excluding carboxylic acids is 2. The van der Waals surface area contributed by atoms with Crippen LogP contribution in [0.15, 0.2) is 18.2 Å². The minimum atomic E-state index is -1.06. The van der Waals surface area contributed by atoms with E-state index in [-0.39, 0.29) is 23.1 Å². The summed E-state index contributed by atoms with van der Waals surface area (Å²) in [6.45, 7) is 1.28. The maximum Gasteiger partial charge on any atom is 0.287 e. The van der Waals surface area contributed by atoms with Crippen LogP contribution in [0, 0.1) is 11.6 Å². The van der Waals surface area contributed by atoms with Crippen molar-refractivity contribution in [1.82, 2.24) is 14.9 Å². The summed E-state index contributed by atoms with van der Waals surface area (Å²) in [5, 5.41) is 5.20. The van der Waals surface area contributed by atoms with Crippen LogP contribution < -0.4 is 10.6 Å². The SMILES string of the molecule is COCCNC(=O)c1nc(C(=O)Nc2ccc(F)c(F)c2)c2n1CCCC2. The van der Waals surface area contributed by atoms with Crippen molar-refractivity contribution in [2.75, 3.05) is 25.6 Å². The molecule has 0 unspecified atom stereocenters. The number of amides is 2. The third-order valence-corrected chi connectivity index (χ3v) is 4.31. The van der Waals surface area contributed by atoms with Crippen LogP contribution >= 0.6 is 0 Å². The molecule has 7 nitrogen and oxygen atoms in total. The van der Waals surface area contributed by atoms with Gasteiger partial charge in [0.1, 0.15) is 0 Å². The number of benzene rings is 1. The molecule has 9 heteroatoms. The van der Waals surface area contributed by atoms with E-state index in [4.69, 9.17) is 4.74 Å². The Labute approximate surface area is 154 Å². The van der Waals surface area contributed by atoms with Gasteiger partial charge in [-0.25, -0.2) is 13.8 Å². The van der Waals surface area contributed by atoms with Gasteiger partial charge < -0.3 is 19.9 Å². The van der Waals surface area contributed by atoms with Crippen molar-refractivity contribution in [2.24, 2.45) is 0 Å². The first-order valence-corrected chi connectivity index (χ1v) is 8.64. The first kappa shape index (κ1) is 19.0. The average molecular weight is 378 g/mol. The molecule has 3 rings (SSSR count). The fourth-order valence-corrected chi connectivity index (χ4v) is 3.01. The number of nitrogens with zero attached hydrogens (tertiary/aromatic N) is 2. The van der Waals surface area contributed by atoms with Crippen molar-refractivity contribution in [3.63, 3.8) is 0 Å². The van der Waals surface area contributed by atoms with E-state index < -0.39 is 17.5 Å². The molecule has 0 radical (unpaired) electrons. The monoisotopic (exact) mass is 378 g/mol. The number of imidazole rings is 1. The van der Waals surface area contributed by atoms with Gasteiger partial charge in [0.15, 0.2) is 23.2 Å². The Kier molecular flexibility index (Phi) is 5.80. The highest BCUT2D eigenvalue weighted by Gasteiger charge is 2.27. The van der Waals surface area contributed by atoms with Gasteiger partial charge >= 0.3 is 0 Å². The fourth-order valence-electron chi connectivity index (χ4n) is 3.01. The summed E-state index contributed by atoms with van der Waals surface area (Å²) in [5.41, 5.74) is 0.900.